The molecule has 0 saturated heterocycles. The molecule has 0 saturated carbocycles. The molecule has 0 radical (unpaired) electrons. The molecular formula is C24H19Cl2Hf. The number of hydrogen-bond acceptors (Lipinski definition) is 0. The molecule has 3 atom stereocenters. The zero-order valence-corrected chi connectivity index (χ0v) is 19.9. The van der Waals surface area contributed by atoms with E-state index in [1.807, 2.05) is 0 Å². The molecule has 3 unspecified atom stereocenters. The Balaban J connectivity index is 0.00000105. The average molecular weight is 557 g/mol. The van der Waals surface area contributed by atoms with Crippen molar-refractivity contribution in [3.05, 3.63) is 107 Å². The van der Waals surface area contributed by atoms with Crippen LogP contribution in [0, 0.1) is 0 Å². The van der Waals surface area contributed by atoms with Crippen LogP contribution in [0.3, 0.4) is 0 Å². The summed E-state index contributed by atoms with van der Waals surface area (Å²) in [4.78, 5) is 0. The summed E-state index contributed by atoms with van der Waals surface area (Å²) in [6, 6.07) is 17.6. The van der Waals surface area contributed by atoms with Crippen LogP contribution < -0.4 is 24.8 Å². The maximum atomic E-state index is 2.51. The van der Waals surface area contributed by atoms with Crippen LogP contribution in [0.2, 0.25) is 3.17 Å². The van der Waals surface area contributed by atoms with Gasteiger partial charge in [0, 0.05) is 0 Å². The van der Waals surface area contributed by atoms with Crippen molar-refractivity contribution >= 4 is 12.2 Å². The van der Waals surface area contributed by atoms with Crippen LogP contribution >= 0.6 is 0 Å². The van der Waals surface area contributed by atoms with E-state index in [0.717, 1.165) is 30.8 Å². The normalized spacial score (nSPS) is 26.7. The van der Waals surface area contributed by atoms with Gasteiger partial charge < -0.3 is 24.8 Å². The van der Waals surface area contributed by atoms with Crippen LogP contribution in [0.4, 0.5) is 0 Å². The van der Waals surface area contributed by atoms with E-state index in [9.17, 15) is 0 Å². The standard InChI is InChI=1S/C24H19.2ClH.Hf/c1-3-7-21-17(5-1)13-15-23(21)19-9-11-20(12-10-19)24-16-14-18-6-2-4-8-22(18)24;;;/h1-11,13-16,23-24H,12H2;2*1H;/q;;;+2/p-2. The van der Waals surface area contributed by atoms with E-state index < -0.39 is 0 Å². The Morgan fingerprint density at radius 2 is 1.41 bits per heavy atom. The third kappa shape index (κ3) is 3.50. The summed E-state index contributed by atoms with van der Waals surface area (Å²) in [5.74, 6) is 0.973. The summed E-state index contributed by atoms with van der Waals surface area (Å²) in [6.07, 6.45) is 17.9. The molecule has 0 nitrogen and oxygen atoms in total. The minimum atomic E-state index is 0. The Morgan fingerprint density at radius 1 is 0.778 bits per heavy atom. The first-order valence-electron chi connectivity index (χ1n) is 8.93. The second kappa shape index (κ2) is 8.07. The van der Waals surface area contributed by atoms with Crippen LogP contribution in [0.25, 0.3) is 12.2 Å². The van der Waals surface area contributed by atoms with E-state index >= 15 is 0 Å². The van der Waals surface area contributed by atoms with Gasteiger partial charge in [-0.2, -0.15) is 0 Å². The van der Waals surface area contributed by atoms with Crippen LogP contribution in [0.15, 0.2) is 84.5 Å². The van der Waals surface area contributed by atoms with E-state index in [2.05, 4.69) is 91.1 Å². The molecule has 27 heavy (non-hydrogen) atoms. The summed E-state index contributed by atoms with van der Waals surface area (Å²) < 4.78 is 0.300. The fraction of sp³-hybridized carbons (Fsp3) is 0.167. The predicted octanol–water partition coefficient (Wildman–Crippen LogP) is 0.207. The SMILES string of the molecule is [Cl-].[Cl-].[Hf+2][C]1(C2C=Cc3ccccc32)C=CC(C2C=Cc3ccccc32)=CC1. The van der Waals surface area contributed by atoms with Crippen molar-refractivity contribution in [2.45, 2.75) is 21.4 Å². The summed E-state index contributed by atoms with van der Waals surface area (Å²) in [5, 5.41) is 0. The van der Waals surface area contributed by atoms with E-state index in [4.69, 9.17) is 0 Å². The first-order chi connectivity index (χ1) is 12.2. The van der Waals surface area contributed by atoms with Crippen LogP contribution in [0.1, 0.15) is 40.5 Å². The van der Waals surface area contributed by atoms with Gasteiger partial charge in [0.1, 0.15) is 0 Å². The van der Waals surface area contributed by atoms with Gasteiger partial charge in [0.05, 0.1) is 0 Å². The second-order valence-corrected chi connectivity index (χ2v) is 10.6. The van der Waals surface area contributed by atoms with Gasteiger partial charge in [-0.05, 0) is 0 Å². The Labute approximate surface area is 188 Å². The average Bonchev–Trinajstić information content (AvgIpc) is 3.27. The van der Waals surface area contributed by atoms with E-state index in [0.29, 0.717) is 15.0 Å². The van der Waals surface area contributed by atoms with Crippen molar-refractivity contribution in [2.75, 3.05) is 0 Å². The van der Waals surface area contributed by atoms with Gasteiger partial charge in [0.15, 0.2) is 0 Å². The topological polar surface area (TPSA) is 0 Å². The van der Waals surface area contributed by atoms with E-state index in [1.54, 1.807) is 0 Å². The Morgan fingerprint density at radius 3 is 2.11 bits per heavy atom. The number of hydrogen-bond donors (Lipinski definition) is 0. The molecule has 0 bridgehead atoms. The minimum absolute atomic E-state index is 0. The molecule has 3 aliphatic carbocycles. The third-order valence-corrected chi connectivity index (χ3v) is 8.21. The van der Waals surface area contributed by atoms with Crippen LogP contribution in [-0.2, 0) is 24.4 Å². The van der Waals surface area contributed by atoms with Gasteiger partial charge >= 0.3 is 165 Å². The van der Waals surface area contributed by atoms with Crippen molar-refractivity contribution in [1.29, 1.82) is 0 Å². The molecule has 0 aromatic heterocycles. The number of benzene rings is 2. The molecule has 0 amide bonds. The maximum absolute atomic E-state index is 2.51. The van der Waals surface area contributed by atoms with Gasteiger partial charge in [-0.25, -0.2) is 0 Å². The molecule has 5 rings (SSSR count). The van der Waals surface area contributed by atoms with Crippen molar-refractivity contribution < 1.29 is 49.2 Å². The van der Waals surface area contributed by atoms with Gasteiger partial charge in [-0.1, -0.05) is 0 Å². The Hall–Kier alpha value is -1.15. The molecule has 0 spiro atoms. The zero-order valence-electron chi connectivity index (χ0n) is 14.8. The number of halogens is 2. The molecule has 2 aromatic rings. The molecule has 0 fully saturated rings. The summed E-state index contributed by atoms with van der Waals surface area (Å²) in [5.41, 5.74) is 7.19. The van der Waals surface area contributed by atoms with Crippen LogP contribution in [-0.4, -0.2) is 0 Å². The molecule has 0 N–H and O–H groups in total. The van der Waals surface area contributed by atoms with Crippen molar-refractivity contribution in [2.24, 2.45) is 0 Å². The number of rotatable bonds is 2. The van der Waals surface area contributed by atoms with E-state index in [1.165, 1.54) is 27.8 Å². The predicted molar refractivity (Wildman–Crippen MR) is 101 cm³/mol. The zero-order chi connectivity index (χ0) is 16.9. The fourth-order valence-electron chi connectivity index (χ4n) is 4.37. The molecule has 0 aliphatic heterocycles. The van der Waals surface area contributed by atoms with Crippen molar-refractivity contribution in [3.63, 3.8) is 0 Å². The molecule has 133 valence electrons. The summed E-state index contributed by atoms with van der Waals surface area (Å²) in [6.45, 7) is 0. The monoisotopic (exact) mass is 557 g/mol. The van der Waals surface area contributed by atoms with Crippen LogP contribution in [0.5, 0.6) is 0 Å². The molecule has 0 heterocycles. The number of allylic oxidation sites excluding steroid dienone is 6. The van der Waals surface area contributed by atoms with Gasteiger partial charge in [0.25, 0.3) is 0 Å². The molecule has 3 heteroatoms. The van der Waals surface area contributed by atoms with Crippen molar-refractivity contribution in [1.82, 2.24) is 0 Å². The van der Waals surface area contributed by atoms with Gasteiger partial charge in [-0.15, -0.1) is 0 Å². The second-order valence-electron chi connectivity index (χ2n) is 7.21. The third-order valence-electron chi connectivity index (χ3n) is 5.76. The summed E-state index contributed by atoms with van der Waals surface area (Å²) >= 11 is 1.16. The molecule has 3 aliphatic rings. The van der Waals surface area contributed by atoms with Crippen molar-refractivity contribution in [3.8, 4) is 0 Å². The Bertz CT molecular complexity index is 970. The van der Waals surface area contributed by atoms with E-state index in [-0.39, 0.29) is 24.8 Å². The first-order valence-corrected chi connectivity index (χ1v) is 10.7. The molecular weight excluding hydrogens is 538 g/mol. The fourth-order valence-corrected chi connectivity index (χ4v) is 5.94. The van der Waals surface area contributed by atoms with Gasteiger partial charge in [0.2, 0.25) is 0 Å². The summed E-state index contributed by atoms with van der Waals surface area (Å²) in [7, 11) is 0. The number of fused-ring (bicyclic) bond motifs is 2. The quantitative estimate of drug-likeness (QED) is 0.464. The first kappa shape index (κ1) is 20.6. The molecule has 2 aromatic carbocycles. The Kier molecular flexibility index (Phi) is 6.15. The van der Waals surface area contributed by atoms with Gasteiger partial charge in [-0.3, -0.25) is 0 Å².